The maximum atomic E-state index is 12.9. The van der Waals surface area contributed by atoms with Crippen molar-refractivity contribution in [1.82, 2.24) is 9.29 Å². The Morgan fingerprint density at radius 2 is 1.80 bits per heavy atom. The highest BCUT2D eigenvalue weighted by molar-refractivity contribution is 7.89. The number of anilines is 1. The topological polar surface area (TPSA) is 79.4 Å². The van der Waals surface area contributed by atoms with Gasteiger partial charge in [-0.1, -0.05) is 50.2 Å². The second kappa shape index (κ2) is 9.51. The Hall–Kier alpha value is -2.55. The van der Waals surface area contributed by atoms with Gasteiger partial charge in [0.05, 0.1) is 17.0 Å². The van der Waals surface area contributed by atoms with Gasteiger partial charge in [-0.25, -0.2) is 13.4 Å². The van der Waals surface area contributed by atoms with Crippen LogP contribution in [0.3, 0.4) is 0 Å². The van der Waals surface area contributed by atoms with Crippen molar-refractivity contribution >= 4 is 33.0 Å². The van der Waals surface area contributed by atoms with Crippen LogP contribution in [0, 0.1) is 6.92 Å². The number of hydrogen-bond donors (Lipinski definition) is 1. The van der Waals surface area contributed by atoms with Crippen LogP contribution in [0.4, 0.5) is 5.69 Å². The first-order valence-electron chi connectivity index (χ1n) is 9.75. The molecule has 1 N–H and O–H groups in total. The van der Waals surface area contributed by atoms with Gasteiger partial charge < -0.3 is 5.32 Å². The Balaban J connectivity index is 1.74. The van der Waals surface area contributed by atoms with Crippen LogP contribution in [-0.2, 0) is 21.2 Å². The minimum atomic E-state index is -3.61. The molecule has 1 aromatic heterocycles. The summed E-state index contributed by atoms with van der Waals surface area (Å²) < 4.78 is 27.2. The highest BCUT2D eigenvalue weighted by Crippen LogP contribution is 2.25. The monoisotopic (exact) mass is 443 g/mol. The summed E-state index contributed by atoms with van der Waals surface area (Å²) in [5, 5.41) is 5.53. The van der Waals surface area contributed by atoms with Crippen molar-refractivity contribution in [2.24, 2.45) is 0 Å². The summed E-state index contributed by atoms with van der Waals surface area (Å²) in [5.41, 5.74) is 2.79. The van der Waals surface area contributed by atoms with Gasteiger partial charge in [-0.3, -0.25) is 4.79 Å². The van der Waals surface area contributed by atoms with Gasteiger partial charge in [0, 0.05) is 29.7 Å². The molecule has 0 aliphatic rings. The summed E-state index contributed by atoms with van der Waals surface area (Å²) in [6, 6.07) is 14.8. The third kappa shape index (κ3) is 4.95. The lowest BCUT2D eigenvalue weighted by Gasteiger charge is -2.20. The smallest absolute Gasteiger partial charge is 0.243 e. The second-order valence-electron chi connectivity index (χ2n) is 6.80. The van der Waals surface area contributed by atoms with Crippen molar-refractivity contribution in [3.63, 3.8) is 0 Å². The molecule has 1 heterocycles. The molecule has 0 atom stereocenters. The zero-order chi connectivity index (χ0) is 21.7. The fourth-order valence-corrected chi connectivity index (χ4v) is 5.66. The standard InChI is InChI=1S/C22H25N3O3S2/c1-4-25(5-2)30(27,28)20-13-18(12-11-16(20)3)23-21(26)14-19-15-29-22(24-19)17-9-7-6-8-10-17/h6-13,15H,4-5,14H2,1-3H3,(H,23,26). The van der Waals surface area contributed by atoms with E-state index in [1.54, 1.807) is 32.9 Å². The molecule has 0 aliphatic carbocycles. The fourth-order valence-electron chi connectivity index (χ4n) is 3.13. The summed E-state index contributed by atoms with van der Waals surface area (Å²) in [4.78, 5) is 17.3. The van der Waals surface area contributed by atoms with Gasteiger partial charge in [0.2, 0.25) is 15.9 Å². The third-order valence-corrected chi connectivity index (χ3v) is 7.84. The van der Waals surface area contributed by atoms with E-state index in [1.807, 2.05) is 35.7 Å². The number of carbonyl (C=O) groups excluding carboxylic acids is 1. The Morgan fingerprint density at radius 1 is 1.10 bits per heavy atom. The lowest BCUT2D eigenvalue weighted by Crippen LogP contribution is -2.31. The Morgan fingerprint density at radius 3 is 2.47 bits per heavy atom. The molecular formula is C22H25N3O3S2. The number of thiazole rings is 1. The lowest BCUT2D eigenvalue weighted by molar-refractivity contribution is -0.115. The Bertz CT molecular complexity index is 1120. The van der Waals surface area contributed by atoms with Crippen LogP contribution in [0.5, 0.6) is 0 Å². The maximum Gasteiger partial charge on any atom is 0.243 e. The zero-order valence-electron chi connectivity index (χ0n) is 17.3. The molecule has 2 aromatic carbocycles. The Labute approximate surface area is 181 Å². The highest BCUT2D eigenvalue weighted by Gasteiger charge is 2.24. The lowest BCUT2D eigenvalue weighted by atomic mass is 10.2. The van der Waals surface area contributed by atoms with Gasteiger partial charge in [0.1, 0.15) is 5.01 Å². The highest BCUT2D eigenvalue weighted by atomic mass is 32.2. The van der Waals surface area contributed by atoms with Crippen molar-refractivity contribution in [1.29, 1.82) is 0 Å². The molecule has 30 heavy (non-hydrogen) atoms. The summed E-state index contributed by atoms with van der Waals surface area (Å²) in [7, 11) is -3.61. The Kier molecular flexibility index (Phi) is 7.02. The van der Waals surface area contributed by atoms with E-state index in [1.165, 1.54) is 21.7 Å². The number of aromatic nitrogens is 1. The molecule has 0 bridgehead atoms. The van der Waals surface area contributed by atoms with E-state index < -0.39 is 10.0 Å². The largest absolute Gasteiger partial charge is 0.326 e. The molecule has 0 radical (unpaired) electrons. The van der Waals surface area contributed by atoms with Gasteiger partial charge in [0.15, 0.2) is 0 Å². The molecule has 0 saturated heterocycles. The second-order valence-corrected chi connectivity index (χ2v) is 9.57. The van der Waals surface area contributed by atoms with Gasteiger partial charge in [0.25, 0.3) is 0 Å². The number of sulfonamides is 1. The molecule has 8 heteroatoms. The average Bonchev–Trinajstić information content (AvgIpc) is 3.19. The van der Waals surface area contributed by atoms with Crippen LogP contribution >= 0.6 is 11.3 Å². The summed E-state index contributed by atoms with van der Waals surface area (Å²) in [5.74, 6) is -0.241. The zero-order valence-corrected chi connectivity index (χ0v) is 18.9. The van der Waals surface area contributed by atoms with Gasteiger partial charge in [-0.05, 0) is 24.6 Å². The van der Waals surface area contributed by atoms with Crippen LogP contribution in [-0.4, -0.2) is 36.7 Å². The molecular weight excluding hydrogens is 418 g/mol. The minimum absolute atomic E-state index is 0.120. The van der Waals surface area contributed by atoms with Crippen molar-refractivity contribution in [2.75, 3.05) is 18.4 Å². The number of aryl methyl sites for hydroxylation is 1. The first-order chi connectivity index (χ1) is 14.3. The maximum absolute atomic E-state index is 12.9. The van der Waals surface area contributed by atoms with Gasteiger partial charge in [-0.2, -0.15) is 4.31 Å². The molecule has 0 fully saturated rings. The molecule has 0 aliphatic heterocycles. The summed E-state index contributed by atoms with van der Waals surface area (Å²) in [6.07, 6.45) is 0.120. The van der Waals surface area contributed by atoms with Crippen molar-refractivity contribution in [2.45, 2.75) is 32.1 Å². The fraction of sp³-hybridized carbons (Fsp3) is 0.273. The van der Waals surface area contributed by atoms with Crippen molar-refractivity contribution in [3.05, 3.63) is 65.2 Å². The normalized spacial score (nSPS) is 11.6. The molecule has 0 saturated carbocycles. The molecule has 0 spiro atoms. The van der Waals surface area contributed by atoms with Crippen LogP contribution in [0.2, 0.25) is 0 Å². The summed E-state index contributed by atoms with van der Waals surface area (Å²) >= 11 is 1.49. The first kappa shape index (κ1) is 22.1. The number of amides is 1. The van der Waals surface area contributed by atoms with Crippen molar-refractivity contribution < 1.29 is 13.2 Å². The van der Waals surface area contributed by atoms with Crippen LogP contribution in [0.25, 0.3) is 10.6 Å². The van der Waals surface area contributed by atoms with Crippen LogP contribution in [0.15, 0.2) is 58.8 Å². The number of rotatable bonds is 8. The van der Waals surface area contributed by atoms with E-state index in [0.717, 1.165) is 10.6 Å². The SMILES string of the molecule is CCN(CC)S(=O)(=O)c1cc(NC(=O)Cc2csc(-c3ccccc3)n2)ccc1C. The molecule has 6 nitrogen and oxygen atoms in total. The number of benzene rings is 2. The van der Waals surface area contributed by atoms with Gasteiger partial charge >= 0.3 is 0 Å². The number of carbonyl (C=O) groups is 1. The third-order valence-electron chi connectivity index (χ3n) is 4.71. The summed E-state index contributed by atoms with van der Waals surface area (Å²) in [6.45, 7) is 6.15. The number of hydrogen-bond acceptors (Lipinski definition) is 5. The van der Waals surface area contributed by atoms with Gasteiger partial charge in [-0.15, -0.1) is 11.3 Å². The predicted molar refractivity (Wildman–Crippen MR) is 121 cm³/mol. The van der Waals surface area contributed by atoms with Crippen molar-refractivity contribution in [3.8, 4) is 10.6 Å². The molecule has 158 valence electrons. The van der Waals surface area contributed by atoms with E-state index in [-0.39, 0.29) is 17.2 Å². The van der Waals surface area contributed by atoms with E-state index in [2.05, 4.69) is 10.3 Å². The van der Waals surface area contributed by atoms with E-state index in [0.29, 0.717) is 30.0 Å². The van der Waals surface area contributed by atoms with E-state index in [9.17, 15) is 13.2 Å². The van der Waals surface area contributed by atoms with Crippen LogP contribution < -0.4 is 5.32 Å². The molecule has 3 aromatic rings. The minimum Gasteiger partial charge on any atom is -0.326 e. The average molecular weight is 444 g/mol. The molecule has 1 amide bonds. The molecule has 3 rings (SSSR count). The quantitative estimate of drug-likeness (QED) is 0.562. The van der Waals surface area contributed by atoms with E-state index in [4.69, 9.17) is 0 Å². The van der Waals surface area contributed by atoms with Crippen LogP contribution in [0.1, 0.15) is 25.1 Å². The molecule has 0 unspecified atom stereocenters. The number of nitrogens with zero attached hydrogens (tertiary/aromatic N) is 2. The van der Waals surface area contributed by atoms with E-state index >= 15 is 0 Å². The first-order valence-corrected chi connectivity index (χ1v) is 12.1. The number of nitrogens with one attached hydrogen (secondary N) is 1. The predicted octanol–water partition coefficient (Wildman–Crippen LogP) is 4.33.